The van der Waals surface area contributed by atoms with Crippen LogP contribution in [0.15, 0.2) is 12.1 Å². The molecule has 1 atom stereocenters. The Morgan fingerprint density at radius 1 is 1.57 bits per heavy atom. The van der Waals surface area contributed by atoms with Gasteiger partial charge in [0.05, 0.1) is 12.7 Å². The van der Waals surface area contributed by atoms with E-state index in [1.54, 1.807) is 13.0 Å². The molecule has 5 heteroatoms. The lowest BCUT2D eigenvalue weighted by Crippen LogP contribution is -2.16. The van der Waals surface area contributed by atoms with Gasteiger partial charge in [0, 0.05) is 0 Å². The Bertz CT molecular complexity index is 368. The van der Waals surface area contributed by atoms with Gasteiger partial charge in [-0.25, -0.2) is 4.39 Å². The second-order valence-electron chi connectivity index (χ2n) is 2.75. The van der Waals surface area contributed by atoms with Gasteiger partial charge < -0.3 is 9.82 Å². The van der Waals surface area contributed by atoms with Gasteiger partial charge >= 0.3 is 0 Å². The maximum Gasteiger partial charge on any atom is 0.257 e. The van der Waals surface area contributed by atoms with Crippen LogP contribution in [0.25, 0.3) is 0 Å². The zero-order valence-electron chi connectivity index (χ0n) is 7.93. The van der Waals surface area contributed by atoms with Gasteiger partial charge in [-0.1, -0.05) is 6.07 Å². The van der Waals surface area contributed by atoms with Gasteiger partial charge in [-0.05, 0) is 27.9 Å². The first kappa shape index (κ1) is 10.9. The van der Waals surface area contributed by atoms with Gasteiger partial charge in [0.25, 0.3) is 5.91 Å². The number of aryl methyl sites for hydroxylation is 1. The van der Waals surface area contributed by atoms with Gasteiger partial charge in [-0.15, -0.1) is 0 Å². The van der Waals surface area contributed by atoms with E-state index >= 15 is 0 Å². The largest absolute Gasteiger partial charge is 0.494 e. The average Bonchev–Trinajstić information content (AvgIpc) is 2.18. The van der Waals surface area contributed by atoms with E-state index < -0.39 is 11.7 Å². The van der Waals surface area contributed by atoms with E-state index in [2.05, 4.69) is 5.09 Å². The molecule has 14 heavy (non-hydrogen) atoms. The Labute approximate surface area is 83.9 Å². The number of carbonyl (C=O) groups is 1. The van der Waals surface area contributed by atoms with E-state index in [0.29, 0.717) is 5.56 Å². The van der Waals surface area contributed by atoms with Crippen molar-refractivity contribution in [3.63, 3.8) is 0 Å². The van der Waals surface area contributed by atoms with Gasteiger partial charge in [-0.3, -0.25) is 4.79 Å². The lowest BCUT2D eigenvalue weighted by atomic mass is 10.1. The minimum atomic E-state index is -0.632. The normalized spacial score (nSPS) is 9.71. The van der Waals surface area contributed by atoms with E-state index in [1.807, 2.05) is 9.39 Å². The molecule has 0 saturated heterocycles. The first-order valence-electron chi connectivity index (χ1n) is 3.95. The summed E-state index contributed by atoms with van der Waals surface area (Å²) in [6.45, 7) is 1.66. The number of methoxy groups -OCH3 is 1. The predicted molar refractivity (Wildman–Crippen MR) is 54.9 cm³/mol. The highest BCUT2D eigenvalue weighted by Gasteiger charge is 2.17. The molecule has 0 radical (unpaired) electrons. The topological polar surface area (TPSA) is 38.3 Å². The van der Waals surface area contributed by atoms with E-state index in [0.717, 1.165) is 0 Å². The first-order valence-corrected chi connectivity index (χ1v) is 4.53. The summed E-state index contributed by atoms with van der Waals surface area (Å²) in [6, 6.07) is 3.13. The van der Waals surface area contributed by atoms with Crippen molar-refractivity contribution in [1.29, 1.82) is 0 Å². The number of rotatable bonds is 2. The highest BCUT2D eigenvalue weighted by Crippen LogP contribution is 2.23. The van der Waals surface area contributed by atoms with E-state index in [-0.39, 0.29) is 11.3 Å². The second kappa shape index (κ2) is 4.38. The Hall–Kier alpha value is -1.15. The molecular formula is C9H11FNO2P. The fraction of sp³-hybridized carbons (Fsp3) is 0.222. The molecular weight excluding hydrogens is 204 g/mol. The van der Waals surface area contributed by atoms with Crippen LogP contribution in [0.3, 0.4) is 0 Å². The molecule has 0 aromatic heterocycles. The Kier molecular flexibility index (Phi) is 3.42. The summed E-state index contributed by atoms with van der Waals surface area (Å²) in [7, 11) is 3.39. The fourth-order valence-corrected chi connectivity index (χ4v) is 1.31. The maximum absolute atomic E-state index is 13.6. The molecule has 1 aromatic carbocycles. The zero-order valence-corrected chi connectivity index (χ0v) is 9.08. The molecule has 0 spiro atoms. The monoisotopic (exact) mass is 215 g/mol. The number of nitrogens with one attached hydrogen (secondary N) is 1. The summed E-state index contributed by atoms with van der Waals surface area (Å²) in [6.07, 6.45) is 0. The summed E-state index contributed by atoms with van der Waals surface area (Å²) < 4.78 is 18.3. The standard InChI is InChI=1S/C9H11FNO2P/c1-5-3-4-6(13-2)8(10)7(5)9(12)11-14/h3-4H,14H2,1-2H3,(H,11,12). The van der Waals surface area contributed by atoms with Crippen molar-refractivity contribution in [2.45, 2.75) is 6.92 Å². The summed E-state index contributed by atoms with van der Waals surface area (Å²) in [4.78, 5) is 11.3. The van der Waals surface area contributed by atoms with Gasteiger partial charge in [0.15, 0.2) is 11.6 Å². The van der Waals surface area contributed by atoms with Crippen molar-refractivity contribution in [3.8, 4) is 5.75 Å². The highest BCUT2D eigenvalue weighted by molar-refractivity contribution is 7.15. The number of hydrogen-bond donors (Lipinski definition) is 1. The van der Waals surface area contributed by atoms with Crippen molar-refractivity contribution in [3.05, 3.63) is 29.1 Å². The Balaban J connectivity index is 3.32. The summed E-state index contributed by atoms with van der Waals surface area (Å²) in [5, 5.41) is 2.30. The molecule has 0 fully saturated rings. The van der Waals surface area contributed by atoms with Gasteiger partial charge in [-0.2, -0.15) is 0 Å². The van der Waals surface area contributed by atoms with Crippen molar-refractivity contribution >= 4 is 15.3 Å². The lowest BCUT2D eigenvalue weighted by molar-refractivity contribution is 0.0978. The van der Waals surface area contributed by atoms with Crippen LogP contribution in [0.5, 0.6) is 5.75 Å². The lowest BCUT2D eigenvalue weighted by Gasteiger charge is -2.08. The van der Waals surface area contributed by atoms with Crippen molar-refractivity contribution < 1.29 is 13.9 Å². The van der Waals surface area contributed by atoms with Crippen LogP contribution in [-0.2, 0) is 0 Å². The van der Waals surface area contributed by atoms with E-state index in [1.165, 1.54) is 13.2 Å². The van der Waals surface area contributed by atoms with Crippen molar-refractivity contribution in [1.82, 2.24) is 5.09 Å². The first-order chi connectivity index (χ1) is 6.61. The zero-order chi connectivity index (χ0) is 10.7. The third-order valence-electron chi connectivity index (χ3n) is 1.89. The van der Waals surface area contributed by atoms with Crippen LogP contribution in [-0.4, -0.2) is 13.0 Å². The SMILES string of the molecule is COc1ccc(C)c(C(=O)NP)c1F. The van der Waals surface area contributed by atoms with Crippen LogP contribution in [0.2, 0.25) is 0 Å². The maximum atomic E-state index is 13.6. The number of carbonyl (C=O) groups excluding carboxylic acids is 1. The molecule has 76 valence electrons. The molecule has 0 aliphatic carbocycles. The van der Waals surface area contributed by atoms with Crippen LogP contribution >= 0.6 is 9.39 Å². The van der Waals surface area contributed by atoms with E-state index in [4.69, 9.17) is 4.74 Å². The van der Waals surface area contributed by atoms with Crippen LogP contribution in [0.4, 0.5) is 4.39 Å². The molecule has 0 saturated carbocycles. The van der Waals surface area contributed by atoms with Crippen LogP contribution in [0, 0.1) is 12.7 Å². The molecule has 0 aliphatic heterocycles. The second-order valence-corrected chi connectivity index (χ2v) is 3.04. The molecule has 0 heterocycles. The van der Waals surface area contributed by atoms with Crippen molar-refractivity contribution in [2.24, 2.45) is 0 Å². The summed E-state index contributed by atoms with van der Waals surface area (Å²) >= 11 is 0. The number of benzene rings is 1. The third kappa shape index (κ3) is 1.85. The predicted octanol–water partition coefficient (Wildman–Crippen LogP) is 1.66. The molecule has 3 nitrogen and oxygen atoms in total. The van der Waals surface area contributed by atoms with Crippen LogP contribution < -0.4 is 9.82 Å². The number of halogens is 1. The van der Waals surface area contributed by atoms with Gasteiger partial charge in [0.2, 0.25) is 0 Å². The molecule has 1 aromatic rings. The Morgan fingerprint density at radius 3 is 2.71 bits per heavy atom. The number of amides is 1. The molecule has 1 unspecified atom stereocenters. The average molecular weight is 215 g/mol. The van der Waals surface area contributed by atoms with E-state index in [9.17, 15) is 9.18 Å². The number of ether oxygens (including phenoxy) is 1. The summed E-state index contributed by atoms with van der Waals surface area (Å²) in [5.41, 5.74) is 0.586. The minimum Gasteiger partial charge on any atom is -0.494 e. The quantitative estimate of drug-likeness (QED) is 0.762. The van der Waals surface area contributed by atoms with Crippen LogP contribution in [0.1, 0.15) is 15.9 Å². The smallest absolute Gasteiger partial charge is 0.257 e. The molecule has 1 rings (SSSR count). The highest BCUT2D eigenvalue weighted by atomic mass is 31.0. The molecule has 0 bridgehead atoms. The molecule has 1 amide bonds. The number of hydrogen-bond acceptors (Lipinski definition) is 2. The minimum absolute atomic E-state index is 0.0133. The van der Waals surface area contributed by atoms with Gasteiger partial charge in [0.1, 0.15) is 0 Å². The fourth-order valence-electron chi connectivity index (χ4n) is 1.16. The molecule has 1 N–H and O–H groups in total. The Morgan fingerprint density at radius 2 is 2.21 bits per heavy atom. The third-order valence-corrected chi connectivity index (χ3v) is 2.16. The summed E-state index contributed by atoms with van der Waals surface area (Å²) in [5.74, 6) is -1.05. The van der Waals surface area contributed by atoms with Crippen molar-refractivity contribution in [2.75, 3.05) is 7.11 Å². The molecule has 0 aliphatic rings.